The predicted octanol–water partition coefficient (Wildman–Crippen LogP) is 6.59. The third kappa shape index (κ3) is 17.3. The van der Waals surface area contributed by atoms with Crippen LogP contribution in [-0.4, -0.2) is 12.6 Å². The maximum absolute atomic E-state index is 11.4. The van der Waals surface area contributed by atoms with E-state index in [-0.39, 0.29) is 5.97 Å². The first-order valence-corrected chi connectivity index (χ1v) is 9.57. The molecule has 2 nitrogen and oxygen atoms in total. The van der Waals surface area contributed by atoms with Gasteiger partial charge < -0.3 is 4.74 Å². The van der Waals surface area contributed by atoms with Crippen molar-refractivity contribution in [3.63, 3.8) is 0 Å². The number of unbranched alkanes of at least 4 members (excludes halogenated alkanes) is 12. The van der Waals surface area contributed by atoms with E-state index in [1.54, 1.807) is 0 Å². The highest BCUT2D eigenvalue weighted by molar-refractivity contribution is 5.69. The normalized spacial score (nSPS) is 10.6. The summed E-state index contributed by atoms with van der Waals surface area (Å²) in [6.07, 6.45) is 20.0. The van der Waals surface area contributed by atoms with Crippen LogP contribution in [0.15, 0.2) is 12.7 Å². The Morgan fingerprint density at radius 2 is 1.36 bits per heavy atom. The zero-order chi connectivity index (χ0) is 16.3. The molecule has 0 bridgehead atoms. The molecule has 0 aliphatic rings. The first-order valence-electron chi connectivity index (χ1n) is 9.57. The summed E-state index contributed by atoms with van der Waals surface area (Å²) < 4.78 is 5.23. The van der Waals surface area contributed by atoms with Crippen molar-refractivity contribution in [2.45, 2.75) is 103 Å². The second kappa shape index (κ2) is 18.3. The summed E-state index contributed by atoms with van der Waals surface area (Å²) >= 11 is 0. The fourth-order valence-electron chi connectivity index (χ4n) is 2.58. The van der Waals surface area contributed by atoms with Crippen LogP contribution < -0.4 is 0 Å². The Morgan fingerprint density at radius 1 is 0.818 bits per heavy atom. The highest BCUT2D eigenvalue weighted by Gasteiger charge is 2.01. The molecule has 0 saturated heterocycles. The van der Waals surface area contributed by atoms with E-state index in [9.17, 15) is 4.79 Å². The third-order valence-electron chi connectivity index (χ3n) is 4.05. The molecule has 0 spiro atoms. The lowest BCUT2D eigenvalue weighted by atomic mass is 10.1. The summed E-state index contributed by atoms with van der Waals surface area (Å²) in [6, 6.07) is 0. The molecule has 0 fully saturated rings. The third-order valence-corrected chi connectivity index (χ3v) is 4.05. The minimum absolute atomic E-state index is 0.00935. The van der Waals surface area contributed by atoms with Gasteiger partial charge in [0.15, 0.2) is 0 Å². The van der Waals surface area contributed by atoms with Gasteiger partial charge in [-0.25, -0.2) is 0 Å². The van der Waals surface area contributed by atoms with Crippen LogP contribution in [0.4, 0.5) is 0 Å². The maximum Gasteiger partial charge on any atom is 0.305 e. The molecule has 0 aromatic carbocycles. The smallest absolute Gasteiger partial charge is 0.305 e. The van der Waals surface area contributed by atoms with Crippen LogP contribution in [0.1, 0.15) is 103 Å². The van der Waals surface area contributed by atoms with Crippen LogP contribution in [-0.2, 0) is 9.53 Å². The van der Waals surface area contributed by atoms with Crippen LogP contribution in [0.3, 0.4) is 0 Å². The van der Waals surface area contributed by atoms with Crippen LogP contribution in [0.2, 0.25) is 0 Å². The molecule has 0 atom stereocenters. The number of carbonyl (C=O) groups excluding carboxylic acids is 1. The molecule has 0 aliphatic carbocycles. The molecule has 0 amide bonds. The summed E-state index contributed by atoms with van der Waals surface area (Å²) in [5.41, 5.74) is 0. The second-order valence-corrected chi connectivity index (χ2v) is 6.29. The highest BCUT2D eigenvalue weighted by atomic mass is 16.5. The summed E-state index contributed by atoms with van der Waals surface area (Å²) in [5.74, 6) is -0.00935. The lowest BCUT2D eigenvalue weighted by molar-refractivity contribution is -0.143. The van der Waals surface area contributed by atoms with Gasteiger partial charge in [-0.15, -0.1) is 6.58 Å². The van der Waals surface area contributed by atoms with Gasteiger partial charge in [-0.1, -0.05) is 77.2 Å². The van der Waals surface area contributed by atoms with E-state index in [4.69, 9.17) is 4.74 Å². The van der Waals surface area contributed by atoms with Crippen molar-refractivity contribution >= 4 is 5.97 Å². The van der Waals surface area contributed by atoms with E-state index in [0.29, 0.717) is 13.0 Å². The predicted molar refractivity (Wildman–Crippen MR) is 96.1 cm³/mol. The molecule has 0 rings (SSSR count). The van der Waals surface area contributed by atoms with Gasteiger partial charge in [0.2, 0.25) is 0 Å². The van der Waals surface area contributed by atoms with E-state index < -0.39 is 0 Å². The van der Waals surface area contributed by atoms with E-state index >= 15 is 0 Å². The molecule has 0 N–H and O–H groups in total. The molecule has 0 radical (unpaired) electrons. The van der Waals surface area contributed by atoms with Crippen LogP contribution in [0, 0.1) is 0 Å². The van der Waals surface area contributed by atoms with Crippen molar-refractivity contribution in [1.82, 2.24) is 0 Å². The molecule has 22 heavy (non-hydrogen) atoms. The Labute approximate surface area is 138 Å². The van der Waals surface area contributed by atoms with Gasteiger partial charge in [0.05, 0.1) is 6.61 Å². The van der Waals surface area contributed by atoms with E-state index in [0.717, 1.165) is 25.7 Å². The Bertz CT molecular complexity index is 248. The van der Waals surface area contributed by atoms with Gasteiger partial charge in [0, 0.05) is 6.42 Å². The molecule has 0 aromatic heterocycles. The fraction of sp³-hybridized carbons (Fsp3) is 0.850. The van der Waals surface area contributed by atoms with Crippen molar-refractivity contribution in [2.75, 3.05) is 6.61 Å². The minimum atomic E-state index is -0.00935. The van der Waals surface area contributed by atoms with Crippen molar-refractivity contribution in [2.24, 2.45) is 0 Å². The Morgan fingerprint density at radius 3 is 1.91 bits per heavy atom. The molecule has 0 aliphatic heterocycles. The number of hydrogen-bond acceptors (Lipinski definition) is 2. The van der Waals surface area contributed by atoms with Gasteiger partial charge in [0.25, 0.3) is 0 Å². The Balaban J connectivity index is 3.08. The molecule has 0 unspecified atom stereocenters. The fourth-order valence-corrected chi connectivity index (χ4v) is 2.58. The molecular weight excluding hydrogens is 272 g/mol. The summed E-state index contributed by atoms with van der Waals surface area (Å²) in [5, 5.41) is 0. The number of hydrogen-bond donors (Lipinski definition) is 0. The van der Waals surface area contributed by atoms with E-state index in [2.05, 4.69) is 13.5 Å². The summed E-state index contributed by atoms with van der Waals surface area (Å²) in [4.78, 5) is 11.4. The van der Waals surface area contributed by atoms with Crippen LogP contribution in [0.25, 0.3) is 0 Å². The highest BCUT2D eigenvalue weighted by Crippen LogP contribution is 2.11. The average Bonchev–Trinajstić information content (AvgIpc) is 2.52. The molecular formula is C20H38O2. The zero-order valence-corrected chi connectivity index (χ0v) is 14.9. The quantitative estimate of drug-likeness (QED) is 0.172. The number of carbonyl (C=O) groups is 1. The largest absolute Gasteiger partial charge is 0.466 e. The van der Waals surface area contributed by atoms with Gasteiger partial charge >= 0.3 is 5.97 Å². The lowest BCUT2D eigenvalue weighted by Crippen LogP contribution is -2.05. The van der Waals surface area contributed by atoms with Crippen molar-refractivity contribution in [3.8, 4) is 0 Å². The summed E-state index contributed by atoms with van der Waals surface area (Å²) in [6.45, 7) is 6.51. The Kier molecular flexibility index (Phi) is 17.6. The topological polar surface area (TPSA) is 26.3 Å². The molecule has 0 aromatic rings. The van der Waals surface area contributed by atoms with Crippen LogP contribution >= 0.6 is 0 Å². The lowest BCUT2D eigenvalue weighted by Gasteiger charge is -2.05. The molecule has 2 heteroatoms. The van der Waals surface area contributed by atoms with Crippen molar-refractivity contribution in [3.05, 3.63) is 12.7 Å². The monoisotopic (exact) mass is 310 g/mol. The van der Waals surface area contributed by atoms with Crippen LogP contribution in [0.5, 0.6) is 0 Å². The second-order valence-electron chi connectivity index (χ2n) is 6.29. The minimum Gasteiger partial charge on any atom is -0.466 e. The van der Waals surface area contributed by atoms with Gasteiger partial charge in [-0.3, -0.25) is 4.79 Å². The first-order chi connectivity index (χ1) is 10.8. The first kappa shape index (κ1) is 21.2. The number of esters is 1. The van der Waals surface area contributed by atoms with Gasteiger partial charge in [-0.05, 0) is 25.7 Å². The standard InChI is InChI=1S/C20H38O2/c1-3-5-7-8-9-10-11-12-13-14-15-17-19-22-20(21)18-16-6-4-2/h3H,1,4-19H2,2H3. The number of ether oxygens (including phenoxy) is 1. The Hall–Kier alpha value is -0.790. The van der Waals surface area contributed by atoms with Gasteiger partial charge in [0.1, 0.15) is 0 Å². The van der Waals surface area contributed by atoms with E-state index in [1.165, 1.54) is 64.2 Å². The van der Waals surface area contributed by atoms with Gasteiger partial charge in [-0.2, -0.15) is 0 Å². The maximum atomic E-state index is 11.4. The number of allylic oxidation sites excluding steroid dienone is 1. The molecule has 0 saturated carbocycles. The SMILES string of the molecule is C=CCCCCCCCCCCCCOC(=O)CCCCC. The van der Waals surface area contributed by atoms with E-state index in [1.807, 2.05) is 6.08 Å². The molecule has 130 valence electrons. The summed E-state index contributed by atoms with van der Waals surface area (Å²) in [7, 11) is 0. The van der Waals surface area contributed by atoms with Crippen molar-refractivity contribution < 1.29 is 9.53 Å². The molecule has 0 heterocycles. The van der Waals surface area contributed by atoms with Crippen molar-refractivity contribution in [1.29, 1.82) is 0 Å². The average molecular weight is 311 g/mol. The number of rotatable bonds is 17. The zero-order valence-electron chi connectivity index (χ0n) is 14.9.